The molecule has 0 saturated carbocycles. The van der Waals surface area contributed by atoms with Gasteiger partial charge in [0.2, 0.25) is 0 Å². The molecule has 0 bridgehead atoms. The first-order chi connectivity index (χ1) is 12.0. The molecule has 2 aromatic rings. The Morgan fingerprint density at radius 2 is 2.04 bits per heavy atom. The summed E-state index contributed by atoms with van der Waals surface area (Å²) in [6.45, 7) is 7.10. The Morgan fingerprint density at radius 3 is 2.72 bits per heavy atom. The maximum absolute atomic E-state index is 13.2. The maximum atomic E-state index is 13.2. The molecule has 0 radical (unpaired) electrons. The van der Waals surface area contributed by atoms with Crippen LogP contribution in [0, 0.1) is 11.7 Å². The van der Waals surface area contributed by atoms with Crippen LogP contribution in [-0.4, -0.2) is 25.3 Å². The average Bonchev–Trinajstić information content (AvgIpc) is 3.09. The summed E-state index contributed by atoms with van der Waals surface area (Å²) in [7, 11) is 0. The van der Waals surface area contributed by atoms with Crippen LogP contribution in [0.2, 0.25) is 0 Å². The average molecular weight is 345 g/mol. The van der Waals surface area contributed by atoms with E-state index in [-0.39, 0.29) is 17.3 Å². The summed E-state index contributed by atoms with van der Waals surface area (Å²) in [5.74, 6) is 1.54. The molecular formula is C21H28FNO2. The largest absolute Gasteiger partial charge is 0.469 e. The number of furan rings is 1. The van der Waals surface area contributed by atoms with Crippen LogP contribution in [0.1, 0.15) is 50.4 Å². The number of ether oxygens (including phenoxy) is 1. The highest BCUT2D eigenvalue weighted by Gasteiger charge is 2.28. The lowest BCUT2D eigenvalue weighted by molar-refractivity contribution is -0.0717. The molecule has 1 fully saturated rings. The van der Waals surface area contributed by atoms with Gasteiger partial charge in [-0.2, -0.15) is 0 Å². The van der Waals surface area contributed by atoms with Gasteiger partial charge in [0.25, 0.3) is 0 Å². The zero-order valence-electron chi connectivity index (χ0n) is 15.1. The molecule has 1 aromatic heterocycles. The molecule has 3 nitrogen and oxygen atoms in total. The number of hydrogen-bond acceptors (Lipinski definition) is 3. The summed E-state index contributed by atoms with van der Waals surface area (Å²) in [4.78, 5) is 0. The van der Waals surface area contributed by atoms with Crippen LogP contribution in [-0.2, 0) is 4.74 Å². The molecule has 1 aliphatic rings. The second-order valence-electron chi connectivity index (χ2n) is 7.58. The predicted molar refractivity (Wildman–Crippen MR) is 97.2 cm³/mol. The third-order valence-corrected chi connectivity index (χ3v) is 5.00. The fraction of sp³-hybridized carbons (Fsp3) is 0.524. The van der Waals surface area contributed by atoms with Gasteiger partial charge in [-0.15, -0.1) is 0 Å². The third kappa shape index (κ3) is 5.16. The normalized spacial score (nSPS) is 21.2. The molecule has 25 heavy (non-hydrogen) atoms. The topological polar surface area (TPSA) is 34.4 Å². The zero-order chi connectivity index (χ0) is 17.7. The summed E-state index contributed by atoms with van der Waals surface area (Å²) in [6, 6.07) is 10.6. The lowest BCUT2D eigenvalue weighted by Gasteiger charge is -2.35. The van der Waals surface area contributed by atoms with Crippen molar-refractivity contribution in [2.45, 2.75) is 44.6 Å². The first-order valence-electron chi connectivity index (χ1n) is 9.17. The van der Waals surface area contributed by atoms with E-state index in [0.29, 0.717) is 5.92 Å². The molecule has 0 spiro atoms. The van der Waals surface area contributed by atoms with E-state index in [4.69, 9.17) is 9.15 Å². The van der Waals surface area contributed by atoms with E-state index in [2.05, 4.69) is 19.2 Å². The van der Waals surface area contributed by atoms with Gasteiger partial charge in [-0.25, -0.2) is 4.39 Å². The highest BCUT2D eigenvalue weighted by Crippen LogP contribution is 2.29. The highest BCUT2D eigenvalue weighted by molar-refractivity contribution is 5.27. The maximum Gasteiger partial charge on any atom is 0.123 e. The Bertz CT molecular complexity index is 636. The Balaban J connectivity index is 1.54. The fourth-order valence-electron chi connectivity index (χ4n) is 3.74. The van der Waals surface area contributed by atoms with Gasteiger partial charge >= 0.3 is 0 Å². The predicted octanol–water partition coefficient (Wildman–Crippen LogP) is 4.74. The van der Waals surface area contributed by atoms with Crippen LogP contribution < -0.4 is 5.32 Å². The Labute approximate surface area is 149 Å². The van der Waals surface area contributed by atoms with Gasteiger partial charge in [-0.05, 0) is 81.9 Å². The second-order valence-corrected chi connectivity index (χ2v) is 7.58. The summed E-state index contributed by atoms with van der Waals surface area (Å²) < 4.78 is 24.6. The second kappa shape index (κ2) is 8.15. The summed E-state index contributed by atoms with van der Waals surface area (Å²) in [6.07, 6.45) is 4.84. The molecule has 0 aliphatic carbocycles. The van der Waals surface area contributed by atoms with Crippen molar-refractivity contribution < 1.29 is 13.5 Å². The van der Waals surface area contributed by atoms with Gasteiger partial charge < -0.3 is 14.5 Å². The molecule has 136 valence electrons. The monoisotopic (exact) mass is 345 g/mol. The van der Waals surface area contributed by atoms with E-state index in [9.17, 15) is 4.39 Å². The number of nitrogens with one attached hydrogen (secondary N) is 1. The number of halogens is 1. The molecule has 2 heterocycles. The van der Waals surface area contributed by atoms with Crippen molar-refractivity contribution in [2.24, 2.45) is 5.92 Å². The lowest BCUT2D eigenvalue weighted by Crippen LogP contribution is -2.38. The highest BCUT2D eigenvalue weighted by atomic mass is 19.1. The van der Waals surface area contributed by atoms with Gasteiger partial charge in [-0.1, -0.05) is 12.1 Å². The molecule has 0 amide bonds. The van der Waals surface area contributed by atoms with Crippen molar-refractivity contribution in [1.29, 1.82) is 0 Å². The lowest BCUT2D eigenvalue weighted by atomic mass is 9.88. The smallest absolute Gasteiger partial charge is 0.123 e. The van der Waals surface area contributed by atoms with Crippen LogP contribution >= 0.6 is 0 Å². The minimum Gasteiger partial charge on any atom is -0.469 e. The van der Waals surface area contributed by atoms with Gasteiger partial charge in [0.1, 0.15) is 11.6 Å². The van der Waals surface area contributed by atoms with Gasteiger partial charge in [-0.3, -0.25) is 0 Å². The zero-order valence-corrected chi connectivity index (χ0v) is 15.1. The van der Waals surface area contributed by atoms with E-state index < -0.39 is 0 Å². The Hall–Kier alpha value is -1.65. The van der Waals surface area contributed by atoms with Crippen molar-refractivity contribution >= 4 is 0 Å². The number of rotatable bonds is 7. The van der Waals surface area contributed by atoms with Crippen molar-refractivity contribution in [3.05, 3.63) is 59.8 Å². The standard InChI is InChI=1S/C21H28FNO2/c1-21(2)14-16(10-13-25-21)15-23-11-9-19(20-4-3-12-24-20)17-5-7-18(22)8-6-17/h3-8,12,16,19,23H,9-11,13-15H2,1-2H3/t16-,19+/m0/s1. The molecule has 1 aromatic carbocycles. The Morgan fingerprint density at radius 1 is 1.24 bits per heavy atom. The van der Waals surface area contributed by atoms with Crippen LogP contribution in [0.15, 0.2) is 47.1 Å². The minimum absolute atomic E-state index is 0.00455. The first-order valence-corrected chi connectivity index (χ1v) is 9.17. The quantitative estimate of drug-likeness (QED) is 0.736. The summed E-state index contributed by atoms with van der Waals surface area (Å²) >= 11 is 0. The summed E-state index contributed by atoms with van der Waals surface area (Å²) in [5, 5.41) is 3.60. The molecule has 1 aliphatic heterocycles. The van der Waals surface area contributed by atoms with Gasteiger partial charge in [0.15, 0.2) is 0 Å². The van der Waals surface area contributed by atoms with Crippen LogP contribution in [0.4, 0.5) is 4.39 Å². The SMILES string of the molecule is CC1(C)C[C@@H](CNCC[C@H](c2ccc(F)cc2)c2ccco2)CCO1. The number of hydrogen-bond donors (Lipinski definition) is 1. The van der Waals surface area contributed by atoms with E-state index in [1.165, 1.54) is 12.1 Å². The van der Waals surface area contributed by atoms with Crippen molar-refractivity contribution in [3.63, 3.8) is 0 Å². The molecule has 1 N–H and O–H groups in total. The van der Waals surface area contributed by atoms with Crippen molar-refractivity contribution in [2.75, 3.05) is 19.7 Å². The minimum atomic E-state index is -0.206. The van der Waals surface area contributed by atoms with E-state index in [0.717, 1.165) is 50.3 Å². The van der Waals surface area contributed by atoms with Crippen LogP contribution in [0.5, 0.6) is 0 Å². The molecule has 1 saturated heterocycles. The van der Waals surface area contributed by atoms with Gasteiger partial charge in [0, 0.05) is 12.5 Å². The molecule has 2 atom stereocenters. The van der Waals surface area contributed by atoms with Crippen LogP contribution in [0.3, 0.4) is 0 Å². The van der Waals surface area contributed by atoms with Crippen LogP contribution in [0.25, 0.3) is 0 Å². The molecular weight excluding hydrogens is 317 g/mol. The van der Waals surface area contributed by atoms with Crippen molar-refractivity contribution in [3.8, 4) is 0 Å². The van der Waals surface area contributed by atoms with E-state index in [1.807, 2.05) is 24.3 Å². The first kappa shape index (κ1) is 18.2. The van der Waals surface area contributed by atoms with Gasteiger partial charge in [0.05, 0.1) is 11.9 Å². The third-order valence-electron chi connectivity index (χ3n) is 5.00. The van der Waals surface area contributed by atoms with E-state index in [1.54, 1.807) is 6.26 Å². The van der Waals surface area contributed by atoms with Crippen molar-refractivity contribution in [1.82, 2.24) is 5.32 Å². The Kier molecular flexibility index (Phi) is 5.92. The summed E-state index contributed by atoms with van der Waals surface area (Å²) in [5.41, 5.74) is 1.08. The van der Waals surface area contributed by atoms with E-state index >= 15 is 0 Å². The number of benzene rings is 1. The molecule has 3 rings (SSSR count). The molecule has 0 unspecified atom stereocenters. The fourth-order valence-corrected chi connectivity index (χ4v) is 3.74. The molecule has 4 heteroatoms.